The second kappa shape index (κ2) is 36.6. The van der Waals surface area contributed by atoms with Crippen LogP contribution in [0.4, 0.5) is 0 Å². The van der Waals surface area contributed by atoms with Crippen LogP contribution in [0.2, 0.25) is 0 Å². The highest BCUT2D eigenvalue weighted by Gasteiger charge is 2.21. The molecule has 0 radical (unpaired) electrons. The molecule has 0 fully saturated rings. The van der Waals surface area contributed by atoms with Gasteiger partial charge in [0, 0.05) is 12.8 Å². The van der Waals surface area contributed by atoms with Gasteiger partial charge in [-0.1, -0.05) is 140 Å². The summed E-state index contributed by atoms with van der Waals surface area (Å²) in [7, 11) is 1.15. The summed E-state index contributed by atoms with van der Waals surface area (Å²) >= 11 is 0. The number of hydrogen-bond acceptors (Lipinski definition) is 8. The van der Waals surface area contributed by atoms with Crippen molar-refractivity contribution in [3.05, 3.63) is 48.6 Å². The van der Waals surface area contributed by atoms with Gasteiger partial charge in [-0.2, -0.15) is 0 Å². The number of carbonyl (C=O) groups excluding carboxylic acids is 2. The van der Waals surface area contributed by atoms with Crippen LogP contribution in [0.3, 0.4) is 0 Å². The number of phosphoric acid groups is 1. The van der Waals surface area contributed by atoms with Gasteiger partial charge in [0.25, 0.3) is 7.82 Å². The highest BCUT2D eigenvalue weighted by atomic mass is 31.2. The fourth-order valence-electron chi connectivity index (χ4n) is 5.47. The monoisotopic (exact) mass is 782 g/mol. The van der Waals surface area contributed by atoms with Crippen LogP contribution in [0, 0.1) is 0 Å². The van der Waals surface area contributed by atoms with Gasteiger partial charge in [-0.25, -0.2) is 0 Å². The highest BCUT2D eigenvalue weighted by molar-refractivity contribution is 7.45. The number of ether oxygens (including phenoxy) is 2. The van der Waals surface area contributed by atoms with Crippen LogP contribution in [0.1, 0.15) is 168 Å². The number of nitrogens with zero attached hydrogens (tertiary/aromatic N) is 1. The Morgan fingerprint density at radius 1 is 0.593 bits per heavy atom. The van der Waals surface area contributed by atoms with E-state index in [1.807, 2.05) is 21.1 Å². The normalized spacial score (nSPS) is 14.1. The summed E-state index contributed by atoms with van der Waals surface area (Å²) in [5.74, 6) is -0.859. The second-order valence-corrected chi connectivity index (χ2v) is 16.7. The van der Waals surface area contributed by atoms with Gasteiger partial charge >= 0.3 is 11.9 Å². The van der Waals surface area contributed by atoms with Crippen molar-refractivity contribution in [2.75, 3.05) is 47.5 Å². The van der Waals surface area contributed by atoms with Crippen molar-refractivity contribution in [1.29, 1.82) is 0 Å². The zero-order valence-corrected chi connectivity index (χ0v) is 36.0. The maximum atomic E-state index is 12.6. The van der Waals surface area contributed by atoms with Gasteiger partial charge in [0.15, 0.2) is 6.10 Å². The summed E-state index contributed by atoms with van der Waals surface area (Å²) in [4.78, 5) is 37.5. The van der Waals surface area contributed by atoms with E-state index in [0.717, 1.165) is 70.6 Å². The molecule has 0 saturated carbocycles. The largest absolute Gasteiger partial charge is 0.756 e. The molecule has 0 spiro atoms. The molecule has 2 atom stereocenters. The van der Waals surface area contributed by atoms with Crippen LogP contribution in [0.15, 0.2) is 48.6 Å². The molecule has 10 heteroatoms. The number of allylic oxidation sites excluding steroid dienone is 8. The predicted molar refractivity (Wildman–Crippen MR) is 222 cm³/mol. The molecule has 1 unspecified atom stereocenters. The van der Waals surface area contributed by atoms with E-state index in [4.69, 9.17) is 18.5 Å². The van der Waals surface area contributed by atoms with E-state index in [1.165, 1.54) is 64.2 Å². The van der Waals surface area contributed by atoms with Gasteiger partial charge < -0.3 is 27.9 Å². The third-order valence-electron chi connectivity index (χ3n) is 8.83. The van der Waals surface area contributed by atoms with Crippen LogP contribution in [0.25, 0.3) is 0 Å². The van der Waals surface area contributed by atoms with Crippen molar-refractivity contribution in [1.82, 2.24) is 0 Å². The number of likely N-dealkylation sites (N-methyl/N-ethyl adjacent to an activating group) is 1. The zero-order chi connectivity index (χ0) is 40.0. The lowest BCUT2D eigenvalue weighted by atomic mass is 10.1. The van der Waals surface area contributed by atoms with Gasteiger partial charge in [-0.15, -0.1) is 0 Å². The number of rotatable bonds is 38. The molecule has 0 bridgehead atoms. The molecular formula is C44H80NO8P. The minimum Gasteiger partial charge on any atom is -0.756 e. The highest BCUT2D eigenvalue weighted by Crippen LogP contribution is 2.38. The van der Waals surface area contributed by atoms with Crippen molar-refractivity contribution in [3.8, 4) is 0 Å². The van der Waals surface area contributed by atoms with E-state index < -0.39 is 32.5 Å². The van der Waals surface area contributed by atoms with Crippen molar-refractivity contribution in [2.24, 2.45) is 0 Å². The molecule has 0 aromatic heterocycles. The van der Waals surface area contributed by atoms with Crippen LogP contribution in [-0.2, 0) is 32.7 Å². The number of carbonyl (C=O) groups is 2. The summed E-state index contributed by atoms with van der Waals surface area (Å²) in [6.07, 6.45) is 41.3. The first-order chi connectivity index (χ1) is 26.0. The topological polar surface area (TPSA) is 111 Å². The first-order valence-corrected chi connectivity index (χ1v) is 22.8. The fraction of sp³-hybridized carbons (Fsp3) is 0.773. The van der Waals surface area contributed by atoms with Crippen LogP contribution < -0.4 is 4.89 Å². The lowest BCUT2D eigenvalue weighted by molar-refractivity contribution is -0.870. The number of hydrogen-bond donors (Lipinski definition) is 0. The Labute approximate surface area is 331 Å². The molecule has 0 aromatic rings. The average Bonchev–Trinajstić information content (AvgIpc) is 3.12. The molecule has 0 N–H and O–H groups in total. The summed E-state index contributed by atoms with van der Waals surface area (Å²) in [6.45, 7) is 4.05. The van der Waals surface area contributed by atoms with Crippen LogP contribution in [0.5, 0.6) is 0 Å². The van der Waals surface area contributed by atoms with Gasteiger partial charge in [0.05, 0.1) is 27.7 Å². The number of phosphoric ester groups is 1. The Bertz CT molecular complexity index is 1070. The van der Waals surface area contributed by atoms with Crippen molar-refractivity contribution in [3.63, 3.8) is 0 Å². The Kier molecular flexibility index (Phi) is 35.2. The molecule has 0 amide bonds. The Hall–Kier alpha value is -2.03. The summed E-state index contributed by atoms with van der Waals surface area (Å²) in [5.41, 5.74) is 0. The number of quaternary nitrogens is 1. The van der Waals surface area contributed by atoms with E-state index >= 15 is 0 Å². The quantitative estimate of drug-likeness (QED) is 0.0200. The molecule has 0 saturated heterocycles. The third-order valence-corrected chi connectivity index (χ3v) is 9.80. The Balaban J connectivity index is 4.40. The fourth-order valence-corrected chi connectivity index (χ4v) is 6.20. The lowest BCUT2D eigenvalue weighted by Crippen LogP contribution is -2.37. The summed E-state index contributed by atoms with van der Waals surface area (Å²) in [5, 5.41) is 0. The standard InChI is InChI=1S/C44H80NO8P/c1-6-8-10-12-14-16-18-20-22-24-26-28-30-32-34-36-43(46)50-40-42(41-52-54(48,49)51-39-38-45(3,4)5)53-44(47)37-35-33-31-29-27-25-23-21-19-17-15-13-11-9-7-2/h9,11-12,14-15,17,21,23,42H,6-8,10,13,16,18-20,22,24-41H2,1-5H3/b11-9+,14-12+,17-15+,23-21+/t42-/m1/s1. The van der Waals surface area contributed by atoms with Gasteiger partial charge in [-0.3, -0.25) is 14.2 Å². The van der Waals surface area contributed by atoms with Crippen molar-refractivity contribution in [2.45, 2.75) is 174 Å². The minimum absolute atomic E-state index is 0.0361. The number of unbranched alkanes of at least 4 members (excludes halogenated alkanes) is 16. The third kappa shape index (κ3) is 39.7. The number of esters is 2. The molecule has 9 nitrogen and oxygen atoms in total. The maximum Gasteiger partial charge on any atom is 0.306 e. The van der Waals surface area contributed by atoms with Gasteiger partial charge in [0.1, 0.15) is 19.8 Å². The lowest BCUT2D eigenvalue weighted by Gasteiger charge is -2.28. The van der Waals surface area contributed by atoms with Crippen molar-refractivity contribution >= 4 is 19.8 Å². The molecule has 54 heavy (non-hydrogen) atoms. The first kappa shape index (κ1) is 52.0. The van der Waals surface area contributed by atoms with E-state index in [1.54, 1.807) is 0 Å². The summed E-state index contributed by atoms with van der Waals surface area (Å²) < 4.78 is 33.8. The van der Waals surface area contributed by atoms with Crippen LogP contribution in [-0.4, -0.2) is 70.0 Å². The zero-order valence-electron chi connectivity index (χ0n) is 35.2. The molecule has 0 rings (SSSR count). The van der Waals surface area contributed by atoms with Crippen LogP contribution >= 0.6 is 7.82 Å². The van der Waals surface area contributed by atoms with Crippen molar-refractivity contribution < 1.29 is 42.1 Å². The Morgan fingerprint density at radius 3 is 1.59 bits per heavy atom. The SMILES string of the molecule is CC/C=C/C/C=C/C/C=C/CCCCCCCC(=O)O[C@H](COC(=O)CCCCCCCCCCC/C=C/CCCC)COP(=O)([O-])OCC[N+](C)(C)C. The second-order valence-electron chi connectivity index (χ2n) is 15.3. The molecule has 0 aliphatic rings. The average molecular weight is 782 g/mol. The maximum absolute atomic E-state index is 12.6. The van der Waals surface area contributed by atoms with Gasteiger partial charge in [0.2, 0.25) is 0 Å². The first-order valence-electron chi connectivity index (χ1n) is 21.3. The minimum atomic E-state index is -4.63. The molecule has 0 aliphatic carbocycles. The summed E-state index contributed by atoms with van der Waals surface area (Å²) in [6, 6.07) is 0. The van der Waals surface area contributed by atoms with E-state index in [2.05, 4.69) is 62.5 Å². The molecule has 0 heterocycles. The van der Waals surface area contributed by atoms with E-state index in [-0.39, 0.29) is 26.1 Å². The smallest absolute Gasteiger partial charge is 0.306 e. The molecule has 314 valence electrons. The molecule has 0 aromatic carbocycles. The van der Waals surface area contributed by atoms with E-state index in [0.29, 0.717) is 17.4 Å². The van der Waals surface area contributed by atoms with Gasteiger partial charge in [-0.05, 0) is 64.2 Å². The molecular weight excluding hydrogens is 701 g/mol. The van der Waals surface area contributed by atoms with E-state index in [9.17, 15) is 19.0 Å². The Morgan fingerprint density at radius 2 is 1.06 bits per heavy atom. The predicted octanol–water partition coefficient (Wildman–Crippen LogP) is 11.3. The molecule has 0 aliphatic heterocycles.